The molecule has 1 saturated heterocycles. The van der Waals surface area contributed by atoms with E-state index in [2.05, 4.69) is 34.5 Å². The van der Waals surface area contributed by atoms with Crippen LogP contribution >= 0.6 is 24.0 Å². The van der Waals surface area contributed by atoms with Crippen LogP contribution in [-0.2, 0) is 13.5 Å². The van der Waals surface area contributed by atoms with Gasteiger partial charge in [0.2, 0.25) is 0 Å². The quantitative estimate of drug-likeness (QED) is 0.359. The monoisotopic (exact) mass is 524 g/mol. The lowest BCUT2D eigenvalue weighted by Crippen LogP contribution is -2.40. The number of carbonyl (C=O) groups is 1. The zero-order valence-corrected chi connectivity index (χ0v) is 20.7. The third-order valence-electron chi connectivity index (χ3n) is 5.26. The molecule has 0 bridgehead atoms. The van der Waals surface area contributed by atoms with Crippen molar-refractivity contribution in [2.24, 2.45) is 12.0 Å². The van der Waals surface area contributed by atoms with Crippen LogP contribution < -0.4 is 5.32 Å². The summed E-state index contributed by atoms with van der Waals surface area (Å²) >= 11 is 0. The van der Waals surface area contributed by atoms with E-state index in [-0.39, 0.29) is 29.9 Å². The van der Waals surface area contributed by atoms with E-state index in [0.29, 0.717) is 12.5 Å². The molecule has 1 fully saturated rings. The Morgan fingerprint density at radius 2 is 2.17 bits per heavy atom. The Morgan fingerprint density at radius 3 is 2.83 bits per heavy atom. The van der Waals surface area contributed by atoms with E-state index in [1.165, 1.54) is 5.56 Å². The molecule has 0 saturated carbocycles. The summed E-state index contributed by atoms with van der Waals surface area (Å²) in [4.78, 5) is 21.0. The molecule has 1 aliphatic heterocycles. The Balaban J connectivity index is 0.00000320. The molecule has 0 spiro atoms. The molecule has 30 heavy (non-hydrogen) atoms. The number of rotatable bonds is 6. The van der Waals surface area contributed by atoms with Crippen molar-refractivity contribution in [3.05, 3.63) is 53.3 Å². The molecule has 164 valence electrons. The molecular formula is C22H33IN6O. The normalized spacial score (nSPS) is 16.3. The molecule has 1 aliphatic rings. The van der Waals surface area contributed by atoms with Crippen molar-refractivity contribution in [2.75, 3.05) is 40.3 Å². The molecular weight excluding hydrogens is 491 g/mol. The lowest BCUT2D eigenvalue weighted by molar-refractivity contribution is 0.0827. The average Bonchev–Trinajstić information content (AvgIpc) is 3.36. The minimum Gasteiger partial charge on any atom is -0.357 e. The minimum absolute atomic E-state index is 0. The van der Waals surface area contributed by atoms with Gasteiger partial charge in [0.1, 0.15) is 0 Å². The third kappa shape index (κ3) is 6.20. The molecule has 1 N–H and O–H groups in total. The van der Waals surface area contributed by atoms with Crippen LogP contribution in [0.15, 0.2) is 41.7 Å². The molecule has 7 nitrogen and oxygen atoms in total. The van der Waals surface area contributed by atoms with Crippen LogP contribution in [-0.4, -0.2) is 71.7 Å². The molecule has 0 radical (unpaired) electrons. The standard InChI is InChI=1S/C22H32N6O.HI/c1-5-23-22(28-12-10-19(16-28)20-14-25-27(4)15-20)24-11-9-17-7-6-8-18(13-17)21(29)26(2)3;/h6-8,13-15,19H,5,9-12,16H2,1-4H3,(H,23,24);1H. The minimum atomic E-state index is 0. The van der Waals surface area contributed by atoms with E-state index in [1.807, 2.05) is 36.1 Å². The molecule has 2 heterocycles. The number of guanidine groups is 1. The van der Waals surface area contributed by atoms with Gasteiger partial charge in [-0.05, 0) is 43.0 Å². The molecule has 1 aromatic carbocycles. The molecule has 3 rings (SSSR count). The van der Waals surface area contributed by atoms with Gasteiger partial charge in [-0.15, -0.1) is 24.0 Å². The number of likely N-dealkylation sites (tertiary alicyclic amines) is 1. The fraction of sp³-hybridized carbons (Fsp3) is 0.500. The Kier molecular flexibility index (Phi) is 9.13. The number of hydrogen-bond acceptors (Lipinski definition) is 3. The van der Waals surface area contributed by atoms with Crippen LogP contribution in [0.3, 0.4) is 0 Å². The smallest absolute Gasteiger partial charge is 0.253 e. The SMILES string of the molecule is CCNC(=NCCc1cccc(C(=O)N(C)C)c1)N1CCC(c2cnn(C)c2)C1.I. The summed E-state index contributed by atoms with van der Waals surface area (Å²) in [7, 11) is 5.51. The summed E-state index contributed by atoms with van der Waals surface area (Å²) in [6, 6.07) is 7.84. The van der Waals surface area contributed by atoms with Gasteiger partial charge in [0.15, 0.2) is 5.96 Å². The van der Waals surface area contributed by atoms with Crippen molar-refractivity contribution in [3.63, 3.8) is 0 Å². The van der Waals surface area contributed by atoms with E-state index in [4.69, 9.17) is 4.99 Å². The van der Waals surface area contributed by atoms with Crippen molar-refractivity contribution >= 4 is 35.8 Å². The van der Waals surface area contributed by atoms with Crippen molar-refractivity contribution in [1.29, 1.82) is 0 Å². The Bertz CT molecular complexity index is 863. The van der Waals surface area contributed by atoms with Crippen molar-refractivity contribution in [3.8, 4) is 0 Å². The number of benzene rings is 1. The summed E-state index contributed by atoms with van der Waals surface area (Å²) in [5.74, 6) is 1.50. The average molecular weight is 524 g/mol. The summed E-state index contributed by atoms with van der Waals surface area (Å²) in [5, 5.41) is 7.73. The number of hydrogen-bond donors (Lipinski definition) is 1. The lowest BCUT2D eigenvalue weighted by atomic mass is 10.0. The van der Waals surface area contributed by atoms with Gasteiger partial charge < -0.3 is 15.1 Å². The first-order chi connectivity index (χ1) is 14.0. The van der Waals surface area contributed by atoms with E-state index in [1.54, 1.807) is 19.0 Å². The Hall–Kier alpha value is -2.10. The van der Waals surface area contributed by atoms with Gasteiger partial charge in [0, 0.05) is 65.0 Å². The molecule has 2 aromatic rings. The highest BCUT2D eigenvalue weighted by molar-refractivity contribution is 14.0. The number of halogens is 1. The van der Waals surface area contributed by atoms with Crippen LogP contribution in [0.1, 0.15) is 40.7 Å². The Labute approximate surface area is 196 Å². The van der Waals surface area contributed by atoms with Crippen LogP contribution in [0.5, 0.6) is 0 Å². The lowest BCUT2D eigenvalue weighted by Gasteiger charge is -2.21. The number of nitrogens with zero attached hydrogens (tertiary/aromatic N) is 5. The van der Waals surface area contributed by atoms with Crippen LogP contribution in [0.2, 0.25) is 0 Å². The maximum absolute atomic E-state index is 12.2. The summed E-state index contributed by atoms with van der Waals surface area (Å²) in [6.07, 6.45) is 6.01. The van der Waals surface area contributed by atoms with E-state index in [0.717, 1.165) is 49.6 Å². The second-order valence-corrected chi connectivity index (χ2v) is 7.76. The summed E-state index contributed by atoms with van der Waals surface area (Å²) in [5.41, 5.74) is 3.16. The maximum atomic E-state index is 12.2. The van der Waals surface area contributed by atoms with Gasteiger partial charge in [-0.25, -0.2) is 0 Å². The van der Waals surface area contributed by atoms with E-state index < -0.39 is 0 Å². The first-order valence-corrected chi connectivity index (χ1v) is 10.3. The molecule has 1 aromatic heterocycles. The number of aryl methyl sites for hydroxylation is 1. The second-order valence-electron chi connectivity index (χ2n) is 7.76. The number of nitrogens with one attached hydrogen (secondary N) is 1. The van der Waals surface area contributed by atoms with Gasteiger partial charge in [-0.3, -0.25) is 14.5 Å². The Morgan fingerprint density at radius 1 is 1.37 bits per heavy atom. The van der Waals surface area contributed by atoms with Gasteiger partial charge in [0.25, 0.3) is 5.91 Å². The summed E-state index contributed by atoms with van der Waals surface area (Å²) < 4.78 is 1.87. The van der Waals surface area contributed by atoms with Crippen LogP contribution in [0, 0.1) is 0 Å². The van der Waals surface area contributed by atoms with Crippen molar-refractivity contribution in [2.45, 2.75) is 25.7 Å². The van der Waals surface area contributed by atoms with Gasteiger partial charge >= 0.3 is 0 Å². The van der Waals surface area contributed by atoms with Crippen molar-refractivity contribution in [1.82, 2.24) is 24.9 Å². The predicted octanol–water partition coefficient (Wildman–Crippen LogP) is 2.74. The zero-order valence-electron chi connectivity index (χ0n) is 18.3. The highest BCUT2D eigenvalue weighted by Gasteiger charge is 2.26. The molecule has 1 unspecified atom stereocenters. The second kappa shape index (κ2) is 11.3. The molecule has 1 amide bonds. The first-order valence-electron chi connectivity index (χ1n) is 10.3. The third-order valence-corrected chi connectivity index (χ3v) is 5.26. The van der Waals surface area contributed by atoms with Gasteiger partial charge in [0.05, 0.1) is 6.20 Å². The fourth-order valence-electron chi connectivity index (χ4n) is 3.71. The number of amides is 1. The first kappa shape index (κ1) is 24.2. The van der Waals surface area contributed by atoms with E-state index in [9.17, 15) is 4.79 Å². The highest BCUT2D eigenvalue weighted by atomic mass is 127. The largest absolute Gasteiger partial charge is 0.357 e. The number of aromatic nitrogens is 2. The molecule has 8 heteroatoms. The van der Waals surface area contributed by atoms with Crippen molar-refractivity contribution < 1.29 is 4.79 Å². The van der Waals surface area contributed by atoms with Gasteiger partial charge in [-0.2, -0.15) is 5.10 Å². The highest BCUT2D eigenvalue weighted by Crippen LogP contribution is 2.26. The zero-order chi connectivity index (χ0) is 20.8. The number of carbonyl (C=O) groups excluding carboxylic acids is 1. The molecule has 0 aliphatic carbocycles. The van der Waals surface area contributed by atoms with Crippen LogP contribution in [0.4, 0.5) is 0 Å². The fourth-order valence-corrected chi connectivity index (χ4v) is 3.71. The van der Waals surface area contributed by atoms with E-state index >= 15 is 0 Å². The maximum Gasteiger partial charge on any atom is 0.253 e. The van der Waals surface area contributed by atoms with Gasteiger partial charge in [-0.1, -0.05) is 12.1 Å². The summed E-state index contributed by atoms with van der Waals surface area (Å²) in [6.45, 7) is 5.60. The predicted molar refractivity (Wildman–Crippen MR) is 132 cm³/mol. The number of aliphatic imine (C=N–C) groups is 1. The van der Waals surface area contributed by atoms with Crippen LogP contribution in [0.25, 0.3) is 0 Å². The topological polar surface area (TPSA) is 65.8 Å². The molecule has 1 atom stereocenters.